The lowest BCUT2D eigenvalue weighted by molar-refractivity contribution is -0.125. The number of amides is 2. The molecule has 124 valence electrons. The number of nitrogens with one attached hydrogen (secondary N) is 2. The average Bonchev–Trinajstić information content (AvgIpc) is 2.50. The van der Waals surface area contributed by atoms with Crippen LogP contribution in [-0.2, 0) is 9.59 Å². The molecule has 21 heavy (non-hydrogen) atoms. The largest absolute Gasteiger partial charge is 0.358 e. The number of hydrogen-bond acceptors (Lipinski definition) is 2. The molecule has 0 aliphatic heterocycles. The summed E-state index contributed by atoms with van der Waals surface area (Å²) in [7, 11) is 1.57. The standard InChI is InChI=1S/C17H34N2O2/c1-3-4-5-6-7-8-9-10-11-12-13-14-16(20)19-15-17(21)18-2/h3-15H2,1-2H3,(H,18,21)(H,19,20). The van der Waals surface area contributed by atoms with Crippen molar-refractivity contribution in [3.05, 3.63) is 0 Å². The predicted octanol–water partition coefficient (Wildman–Crippen LogP) is 3.55. The highest BCUT2D eigenvalue weighted by Gasteiger charge is 2.03. The second kappa shape index (κ2) is 15.3. The summed E-state index contributed by atoms with van der Waals surface area (Å²) in [6.07, 6.45) is 14.6. The van der Waals surface area contributed by atoms with Crippen LogP contribution in [0.25, 0.3) is 0 Å². The molecule has 0 bridgehead atoms. The average molecular weight is 298 g/mol. The normalized spacial score (nSPS) is 10.4. The summed E-state index contributed by atoms with van der Waals surface area (Å²) in [5.74, 6) is -0.170. The van der Waals surface area contributed by atoms with Crippen LogP contribution in [0.3, 0.4) is 0 Å². The minimum absolute atomic E-state index is 0.0190. The van der Waals surface area contributed by atoms with Crippen LogP contribution in [0.2, 0.25) is 0 Å². The number of carbonyl (C=O) groups is 2. The maximum Gasteiger partial charge on any atom is 0.239 e. The van der Waals surface area contributed by atoms with Gasteiger partial charge in [-0.3, -0.25) is 9.59 Å². The number of rotatable bonds is 14. The van der Waals surface area contributed by atoms with Gasteiger partial charge in [-0.2, -0.15) is 0 Å². The molecular weight excluding hydrogens is 264 g/mol. The van der Waals surface area contributed by atoms with Crippen molar-refractivity contribution in [1.82, 2.24) is 10.6 Å². The molecule has 0 saturated heterocycles. The molecule has 2 amide bonds. The fourth-order valence-corrected chi connectivity index (χ4v) is 2.31. The number of likely N-dealkylation sites (N-methyl/N-ethyl adjacent to an activating group) is 1. The van der Waals surface area contributed by atoms with E-state index in [2.05, 4.69) is 17.6 Å². The molecule has 0 saturated carbocycles. The molecule has 0 radical (unpaired) electrons. The van der Waals surface area contributed by atoms with Crippen molar-refractivity contribution in [1.29, 1.82) is 0 Å². The Morgan fingerprint density at radius 2 is 1.19 bits per heavy atom. The Kier molecular flexibility index (Phi) is 14.6. The maximum atomic E-state index is 11.4. The quantitative estimate of drug-likeness (QED) is 0.482. The second-order valence-corrected chi connectivity index (χ2v) is 5.74. The first-order chi connectivity index (χ1) is 10.2. The van der Waals surface area contributed by atoms with Gasteiger partial charge in [-0.05, 0) is 6.42 Å². The molecular formula is C17H34N2O2. The van der Waals surface area contributed by atoms with Crippen LogP contribution in [0.15, 0.2) is 0 Å². The van der Waals surface area contributed by atoms with Gasteiger partial charge in [-0.1, -0.05) is 71.1 Å². The molecule has 0 spiro atoms. The van der Waals surface area contributed by atoms with Gasteiger partial charge in [0, 0.05) is 13.5 Å². The van der Waals surface area contributed by atoms with E-state index in [9.17, 15) is 9.59 Å². The number of hydrogen-bond donors (Lipinski definition) is 2. The van der Waals surface area contributed by atoms with Gasteiger partial charge in [-0.25, -0.2) is 0 Å². The van der Waals surface area contributed by atoms with Crippen molar-refractivity contribution in [3.8, 4) is 0 Å². The van der Waals surface area contributed by atoms with E-state index in [-0.39, 0.29) is 18.4 Å². The summed E-state index contributed by atoms with van der Waals surface area (Å²) in [5, 5.41) is 5.10. The lowest BCUT2D eigenvalue weighted by Gasteiger charge is -2.04. The molecule has 0 rings (SSSR count). The van der Waals surface area contributed by atoms with E-state index in [1.807, 2.05) is 0 Å². The Morgan fingerprint density at radius 3 is 1.67 bits per heavy atom. The van der Waals surface area contributed by atoms with Gasteiger partial charge in [0.15, 0.2) is 0 Å². The number of carbonyl (C=O) groups excluding carboxylic acids is 2. The SMILES string of the molecule is CCCCCCCCCCCCCC(=O)NCC(=O)NC. The zero-order valence-electron chi connectivity index (χ0n) is 14.0. The second-order valence-electron chi connectivity index (χ2n) is 5.74. The first kappa shape index (κ1) is 19.9. The Bertz CT molecular complexity index is 268. The fraction of sp³-hybridized carbons (Fsp3) is 0.882. The van der Waals surface area contributed by atoms with E-state index in [0.29, 0.717) is 6.42 Å². The predicted molar refractivity (Wildman–Crippen MR) is 88.2 cm³/mol. The highest BCUT2D eigenvalue weighted by Crippen LogP contribution is 2.11. The van der Waals surface area contributed by atoms with Gasteiger partial charge in [0.2, 0.25) is 11.8 Å². The Balaban J connectivity index is 3.18. The molecule has 0 aromatic heterocycles. The van der Waals surface area contributed by atoms with E-state index in [4.69, 9.17) is 0 Å². The molecule has 0 unspecified atom stereocenters. The van der Waals surface area contributed by atoms with Gasteiger partial charge < -0.3 is 10.6 Å². The molecule has 0 aliphatic carbocycles. The summed E-state index contributed by atoms with van der Waals surface area (Å²) >= 11 is 0. The summed E-state index contributed by atoms with van der Waals surface area (Å²) in [6, 6.07) is 0. The van der Waals surface area contributed by atoms with E-state index < -0.39 is 0 Å². The fourth-order valence-electron chi connectivity index (χ4n) is 2.31. The van der Waals surface area contributed by atoms with Crippen molar-refractivity contribution in [2.24, 2.45) is 0 Å². The third-order valence-corrected chi connectivity index (χ3v) is 3.73. The van der Waals surface area contributed by atoms with Gasteiger partial charge in [0.25, 0.3) is 0 Å². The zero-order chi connectivity index (χ0) is 15.8. The van der Waals surface area contributed by atoms with Crippen molar-refractivity contribution < 1.29 is 9.59 Å². The minimum Gasteiger partial charge on any atom is -0.358 e. The third kappa shape index (κ3) is 15.2. The van der Waals surface area contributed by atoms with E-state index >= 15 is 0 Å². The van der Waals surface area contributed by atoms with E-state index in [1.165, 1.54) is 57.8 Å². The van der Waals surface area contributed by atoms with Crippen LogP contribution in [-0.4, -0.2) is 25.4 Å². The van der Waals surface area contributed by atoms with E-state index in [1.54, 1.807) is 7.05 Å². The Morgan fingerprint density at radius 1 is 0.714 bits per heavy atom. The van der Waals surface area contributed by atoms with Crippen molar-refractivity contribution >= 4 is 11.8 Å². The molecule has 4 heteroatoms. The molecule has 0 atom stereocenters. The van der Waals surface area contributed by atoms with Crippen LogP contribution >= 0.6 is 0 Å². The summed E-state index contributed by atoms with van der Waals surface area (Å²) in [4.78, 5) is 22.4. The highest BCUT2D eigenvalue weighted by atomic mass is 16.2. The lowest BCUT2D eigenvalue weighted by atomic mass is 10.1. The molecule has 0 heterocycles. The van der Waals surface area contributed by atoms with Crippen LogP contribution in [0.1, 0.15) is 84.0 Å². The van der Waals surface area contributed by atoms with Crippen molar-refractivity contribution in [2.75, 3.05) is 13.6 Å². The van der Waals surface area contributed by atoms with Gasteiger partial charge in [0.05, 0.1) is 6.54 Å². The van der Waals surface area contributed by atoms with Crippen LogP contribution < -0.4 is 10.6 Å². The molecule has 0 aliphatic rings. The van der Waals surface area contributed by atoms with Crippen LogP contribution in [0, 0.1) is 0 Å². The first-order valence-electron chi connectivity index (χ1n) is 8.68. The third-order valence-electron chi connectivity index (χ3n) is 3.73. The monoisotopic (exact) mass is 298 g/mol. The smallest absolute Gasteiger partial charge is 0.239 e. The van der Waals surface area contributed by atoms with Gasteiger partial charge >= 0.3 is 0 Å². The van der Waals surface area contributed by atoms with Crippen molar-refractivity contribution in [3.63, 3.8) is 0 Å². The maximum absolute atomic E-state index is 11.4. The lowest BCUT2D eigenvalue weighted by Crippen LogP contribution is -2.34. The Labute approximate surface area is 130 Å². The molecule has 0 fully saturated rings. The summed E-state index contributed by atoms with van der Waals surface area (Å²) < 4.78 is 0. The van der Waals surface area contributed by atoms with Crippen molar-refractivity contribution in [2.45, 2.75) is 84.0 Å². The number of unbranched alkanes of at least 4 members (excludes halogenated alkanes) is 10. The summed E-state index contributed by atoms with van der Waals surface area (Å²) in [6.45, 7) is 2.34. The minimum atomic E-state index is -0.151. The van der Waals surface area contributed by atoms with Crippen LogP contribution in [0.5, 0.6) is 0 Å². The molecule has 4 nitrogen and oxygen atoms in total. The summed E-state index contributed by atoms with van der Waals surface area (Å²) in [5.41, 5.74) is 0. The topological polar surface area (TPSA) is 58.2 Å². The molecule has 2 N–H and O–H groups in total. The van der Waals surface area contributed by atoms with Crippen LogP contribution in [0.4, 0.5) is 0 Å². The van der Waals surface area contributed by atoms with Gasteiger partial charge in [0.1, 0.15) is 0 Å². The first-order valence-corrected chi connectivity index (χ1v) is 8.68. The highest BCUT2D eigenvalue weighted by molar-refractivity contribution is 5.84. The molecule has 0 aromatic carbocycles. The molecule has 0 aromatic rings. The zero-order valence-corrected chi connectivity index (χ0v) is 14.0. The van der Waals surface area contributed by atoms with E-state index in [0.717, 1.165) is 12.8 Å². The Hall–Kier alpha value is -1.06. The van der Waals surface area contributed by atoms with Gasteiger partial charge in [-0.15, -0.1) is 0 Å².